The molecule has 15 heavy (non-hydrogen) atoms. The number of rotatable bonds is 4. The molecular formula is C11H14F3N. The van der Waals surface area contributed by atoms with Gasteiger partial charge >= 0.3 is 0 Å². The quantitative estimate of drug-likeness (QED) is 0.817. The number of halogens is 3. The molecule has 0 spiro atoms. The van der Waals surface area contributed by atoms with E-state index in [2.05, 4.69) is 5.32 Å². The number of hydrogen-bond donors (Lipinski definition) is 1. The third-order valence-corrected chi connectivity index (χ3v) is 2.74. The minimum absolute atomic E-state index is 0.243. The normalized spacial score (nSPS) is 15.3. The summed E-state index contributed by atoms with van der Waals surface area (Å²) in [6, 6.07) is 5.17. The van der Waals surface area contributed by atoms with Gasteiger partial charge in [0.2, 0.25) is 0 Å². The smallest absolute Gasteiger partial charge is 0.260 e. The van der Waals surface area contributed by atoms with Gasteiger partial charge in [-0.05, 0) is 31.2 Å². The van der Waals surface area contributed by atoms with E-state index in [1.54, 1.807) is 6.92 Å². The van der Waals surface area contributed by atoms with Crippen molar-refractivity contribution in [1.29, 1.82) is 0 Å². The molecule has 4 heteroatoms. The predicted octanol–water partition coefficient (Wildman–Crippen LogP) is 2.92. The van der Waals surface area contributed by atoms with Crippen molar-refractivity contribution in [2.45, 2.75) is 25.3 Å². The Kier molecular flexibility index (Phi) is 3.74. The van der Waals surface area contributed by atoms with E-state index in [0.717, 1.165) is 0 Å². The standard InChI is InChI=1S/C11H14F3N/c1-3-11(15-2,10(13)14)8-4-6-9(12)7-5-8/h4-7,10,15H,3H2,1-2H3. The van der Waals surface area contributed by atoms with Crippen molar-refractivity contribution < 1.29 is 13.2 Å². The van der Waals surface area contributed by atoms with Crippen LogP contribution in [0.4, 0.5) is 13.2 Å². The maximum absolute atomic E-state index is 13.0. The van der Waals surface area contributed by atoms with Gasteiger partial charge in [0.05, 0.1) is 0 Å². The Labute approximate surface area is 87.3 Å². The highest BCUT2D eigenvalue weighted by atomic mass is 19.3. The number of nitrogens with one attached hydrogen (secondary N) is 1. The van der Waals surface area contributed by atoms with Crippen LogP contribution in [0.3, 0.4) is 0 Å². The van der Waals surface area contributed by atoms with Crippen LogP contribution in [0.2, 0.25) is 0 Å². The van der Waals surface area contributed by atoms with Crippen LogP contribution in [0.15, 0.2) is 24.3 Å². The van der Waals surface area contributed by atoms with Crippen LogP contribution in [0.5, 0.6) is 0 Å². The average Bonchev–Trinajstić information content (AvgIpc) is 2.22. The van der Waals surface area contributed by atoms with Crippen LogP contribution in [0.25, 0.3) is 0 Å². The minimum atomic E-state index is -2.53. The molecule has 0 aliphatic rings. The maximum atomic E-state index is 13.0. The van der Waals surface area contributed by atoms with Gasteiger partial charge in [0, 0.05) is 0 Å². The molecule has 1 aromatic rings. The van der Waals surface area contributed by atoms with Crippen molar-refractivity contribution in [2.75, 3.05) is 7.05 Å². The van der Waals surface area contributed by atoms with Gasteiger partial charge in [0.1, 0.15) is 11.4 Å². The summed E-state index contributed by atoms with van der Waals surface area (Å²) in [7, 11) is 1.49. The van der Waals surface area contributed by atoms with Crippen LogP contribution in [-0.4, -0.2) is 13.5 Å². The Hall–Kier alpha value is -1.03. The molecule has 84 valence electrons. The van der Waals surface area contributed by atoms with E-state index in [1.807, 2.05) is 0 Å². The molecule has 1 aromatic carbocycles. The second kappa shape index (κ2) is 4.66. The molecular weight excluding hydrogens is 203 g/mol. The molecule has 0 aliphatic carbocycles. The molecule has 0 heterocycles. The number of alkyl halides is 2. The lowest BCUT2D eigenvalue weighted by Crippen LogP contribution is -2.46. The van der Waals surface area contributed by atoms with E-state index in [4.69, 9.17) is 0 Å². The molecule has 0 saturated carbocycles. The molecule has 0 bridgehead atoms. The molecule has 0 saturated heterocycles. The fourth-order valence-electron chi connectivity index (χ4n) is 1.66. The van der Waals surface area contributed by atoms with Crippen LogP contribution < -0.4 is 5.32 Å². The summed E-state index contributed by atoms with van der Waals surface area (Å²) < 4.78 is 38.6. The summed E-state index contributed by atoms with van der Waals surface area (Å²) in [5.41, 5.74) is -0.975. The first-order valence-corrected chi connectivity index (χ1v) is 4.80. The highest BCUT2D eigenvalue weighted by molar-refractivity contribution is 5.25. The average molecular weight is 217 g/mol. The summed E-state index contributed by atoms with van der Waals surface area (Å²) in [5, 5.41) is 2.63. The van der Waals surface area contributed by atoms with Crippen LogP contribution in [-0.2, 0) is 5.54 Å². The van der Waals surface area contributed by atoms with Gasteiger partial charge in [-0.3, -0.25) is 0 Å². The number of benzene rings is 1. The van der Waals surface area contributed by atoms with Gasteiger partial charge in [-0.1, -0.05) is 19.1 Å². The van der Waals surface area contributed by atoms with Gasteiger partial charge in [0.25, 0.3) is 6.43 Å². The Morgan fingerprint density at radius 3 is 2.13 bits per heavy atom. The summed E-state index contributed by atoms with van der Waals surface area (Å²) in [4.78, 5) is 0. The monoisotopic (exact) mass is 217 g/mol. The van der Waals surface area contributed by atoms with Crippen molar-refractivity contribution in [3.63, 3.8) is 0 Å². The zero-order valence-corrected chi connectivity index (χ0v) is 8.73. The number of hydrogen-bond acceptors (Lipinski definition) is 1. The van der Waals surface area contributed by atoms with Crippen molar-refractivity contribution >= 4 is 0 Å². The summed E-state index contributed by atoms with van der Waals surface area (Å²) in [6.07, 6.45) is -2.29. The third-order valence-electron chi connectivity index (χ3n) is 2.74. The van der Waals surface area contributed by atoms with Crippen molar-refractivity contribution in [2.24, 2.45) is 0 Å². The zero-order valence-electron chi connectivity index (χ0n) is 8.73. The predicted molar refractivity (Wildman–Crippen MR) is 53.4 cm³/mol. The van der Waals surface area contributed by atoms with Gasteiger partial charge in [-0.25, -0.2) is 13.2 Å². The van der Waals surface area contributed by atoms with E-state index in [9.17, 15) is 13.2 Å². The second-order valence-electron chi connectivity index (χ2n) is 3.38. The second-order valence-corrected chi connectivity index (χ2v) is 3.38. The Morgan fingerprint density at radius 2 is 1.80 bits per heavy atom. The van der Waals surface area contributed by atoms with E-state index in [1.165, 1.54) is 31.3 Å². The highest BCUT2D eigenvalue weighted by Crippen LogP contribution is 2.31. The molecule has 0 radical (unpaired) electrons. The van der Waals surface area contributed by atoms with Crippen LogP contribution >= 0.6 is 0 Å². The van der Waals surface area contributed by atoms with Gasteiger partial charge < -0.3 is 5.32 Å². The first-order valence-electron chi connectivity index (χ1n) is 4.80. The van der Waals surface area contributed by atoms with E-state index >= 15 is 0 Å². The molecule has 0 amide bonds. The van der Waals surface area contributed by atoms with Crippen molar-refractivity contribution in [1.82, 2.24) is 5.32 Å². The molecule has 1 unspecified atom stereocenters. The van der Waals surface area contributed by atoms with Crippen LogP contribution in [0, 0.1) is 5.82 Å². The fraction of sp³-hybridized carbons (Fsp3) is 0.455. The maximum Gasteiger partial charge on any atom is 0.260 e. The van der Waals surface area contributed by atoms with Crippen molar-refractivity contribution in [3.8, 4) is 0 Å². The summed E-state index contributed by atoms with van der Waals surface area (Å²) >= 11 is 0. The summed E-state index contributed by atoms with van der Waals surface area (Å²) in [5.74, 6) is -0.422. The van der Waals surface area contributed by atoms with Gasteiger partial charge in [-0.15, -0.1) is 0 Å². The third kappa shape index (κ3) is 2.15. The molecule has 0 aromatic heterocycles. The first kappa shape index (κ1) is 12.0. The Balaban J connectivity index is 3.14. The Bertz CT molecular complexity index is 304. The lowest BCUT2D eigenvalue weighted by molar-refractivity contribution is 0.0291. The van der Waals surface area contributed by atoms with E-state index in [-0.39, 0.29) is 6.42 Å². The molecule has 1 atom stereocenters. The van der Waals surface area contributed by atoms with E-state index < -0.39 is 17.8 Å². The topological polar surface area (TPSA) is 12.0 Å². The first-order chi connectivity index (χ1) is 7.06. The van der Waals surface area contributed by atoms with Crippen molar-refractivity contribution in [3.05, 3.63) is 35.6 Å². The lowest BCUT2D eigenvalue weighted by Gasteiger charge is -2.32. The van der Waals surface area contributed by atoms with Gasteiger partial charge in [0.15, 0.2) is 0 Å². The summed E-state index contributed by atoms with van der Waals surface area (Å²) in [6.45, 7) is 1.67. The zero-order chi connectivity index (χ0) is 11.5. The molecule has 1 nitrogen and oxygen atoms in total. The molecule has 1 N–H and O–H groups in total. The largest absolute Gasteiger partial charge is 0.306 e. The Morgan fingerprint density at radius 1 is 1.27 bits per heavy atom. The van der Waals surface area contributed by atoms with Gasteiger partial charge in [-0.2, -0.15) is 0 Å². The molecule has 1 rings (SSSR count). The van der Waals surface area contributed by atoms with E-state index in [0.29, 0.717) is 5.56 Å². The molecule has 0 fully saturated rings. The fourth-order valence-corrected chi connectivity index (χ4v) is 1.66. The SMILES string of the molecule is CCC(NC)(c1ccc(F)cc1)C(F)F. The van der Waals surface area contributed by atoms with Crippen LogP contribution in [0.1, 0.15) is 18.9 Å². The molecule has 0 aliphatic heterocycles. The lowest BCUT2D eigenvalue weighted by atomic mass is 9.88. The highest BCUT2D eigenvalue weighted by Gasteiger charge is 2.38. The minimum Gasteiger partial charge on any atom is -0.306 e.